The first-order valence-electron chi connectivity index (χ1n) is 6.87. The van der Waals surface area contributed by atoms with Crippen molar-refractivity contribution < 1.29 is 9.53 Å². The van der Waals surface area contributed by atoms with Gasteiger partial charge >= 0.3 is 6.09 Å². The van der Waals surface area contributed by atoms with E-state index in [0.717, 1.165) is 23.5 Å². The lowest BCUT2D eigenvalue weighted by Crippen LogP contribution is -2.28. The van der Waals surface area contributed by atoms with Gasteiger partial charge < -0.3 is 10.1 Å². The summed E-state index contributed by atoms with van der Waals surface area (Å²) in [6.45, 7) is 5.56. The number of para-hydroxylation sites is 2. The van der Waals surface area contributed by atoms with E-state index in [2.05, 4.69) is 10.6 Å². The number of thioether (sulfide) groups is 1. The van der Waals surface area contributed by atoms with Gasteiger partial charge in [-0.05, 0) is 45.1 Å². The van der Waals surface area contributed by atoms with E-state index in [1.54, 1.807) is 0 Å². The summed E-state index contributed by atoms with van der Waals surface area (Å²) in [4.78, 5) is 11.9. The van der Waals surface area contributed by atoms with Crippen molar-refractivity contribution in [1.29, 1.82) is 0 Å². The quantitative estimate of drug-likeness (QED) is 0.886. The van der Waals surface area contributed by atoms with Crippen LogP contribution >= 0.6 is 11.8 Å². The third-order valence-corrected chi connectivity index (χ3v) is 4.01. The Morgan fingerprint density at radius 2 is 2.00 bits per heavy atom. The molecule has 1 saturated heterocycles. The molecule has 0 aliphatic carbocycles. The SMILES string of the molecule is CC(C)(C)OC(=O)Nc1ccccc1NC1CCSC1. The van der Waals surface area contributed by atoms with E-state index in [4.69, 9.17) is 4.74 Å². The van der Waals surface area contributed by atoms with Crippen LogP contribution in [-0.2, 0) is 4.74 Å². The van der Waals surface area contributed by atoms with Gasteiger partial charge in [0.1, 0.15) is 5.60 Å². The second kappa shape index (κ2) is 6.39. The largest absolute Gasteiger partial charge is 0.444 e. The number of hydrogen-bond donors (Lipinski definition) is 2. The molecule has 1 aliphatic heterocycles. The van der Waals surface area contributed by atoms with Gasteiger partial charge in [0.15, 0.2) is 0 Å². The smallest absolute Gasteiger partial charge is 0.412 e. The topological polar surface area (TPSA) is 50.4 Å². The lowest BCUT2D eigenvalue weighted by Gasteiger charge is -2.21. The summed E-state index contributed by atoms with van der Waals surface area (Å²) in [6.07, 6.45) is 0.735. The third-order valence-electron chi connectivity index (χ3n) is 2.85. The minimum atomic E-state index is -0.492. The summed E-state index contributed by atoms with van der Waals surface area (Å²) in [6, 6.07) is 8.21. The Kier molecular flexibility index (Phi) is 4.81. The van der Waals surface area contributed by atoms with Gasteiger partial charge in [-0.15, -0.1) is 0 Å². The van der Waals surface area contributed by atoms with E-state index in [9.17, 15) is 4.79 Å². The van der Waals surface area contributed by atoms with E-state index in [0.29, 0.717) is 6.04 Å². The number of nitrogens with one attached hydrogen (secondary N) is 2. The average Bonchev–Trinajstić information content (AvgIpc) is 2.82. The standard InChI is InChI=1S/C15H22N2O2S/c1-15(2,3)19-14(18)17-13-7-5-4-6-12(13)16-11-8-9-20-10-11/h4-7,11,16H,8-10H2,1-3H3,(H,17,18). The average molecular weight is 294 g/mol. The number of anilines is 2. The van der Waals surface area contributed by atoms with Crippen LogP contribution < -0.4 is 10.6 Å². The number of carbonyl (C=O) groups is 1. The summed E-state index contributed by atoms with van der Waals surface area (Å²) in [5.41, 5.74) is 1.22. The van der Waals surface area contributed by atoms with Crippen LogP contribution in [-0.4, -0.2) is 29.2 Å². The first kappa shape index (κ1) is 15.0. The highest BCUT2D eigenvalue weighted by Gasteiger charge is 2.19. The number of hydrogen-bond acceptors (Lipinski definition) is 4. The van der Waals surface area contributed by atoms with Crippen molar-refractivity contribution in [2.24, 2.45) is 0 Å². The summed E-state index contributed by atoms with van der Waals surface area (Å²) in [7, 11) is 0. The van der Waals surface area contributed by atoms with Crippen LogP contribution in [0.2, 0.25) is 0 Å². The Morgan fingerprint density at radius 3 is 2.60 bits per heavy atom. The predicted octanol–water partition coefficient (Wildman–Crippen LogP) is 3.95. The zero-order chi connectivity index (χ0) is 14.6. The maximum absolute atomic E-state index is 11.9. The third kappa shape index (κ3) is 4.63. The molecule has 1 aromatic rings. The Balaban J connectivity index is 2.01. The van der Waals surface area contributed by atoms with Crippen molar-refractivity contribution in [3.05, 3.63) is 24.3 Å². The number of benzene rings is 1. The Morgan fingerprint density at radius 1 is 1.30 bits per heavy atom. The van der Waals surface area contributed by atoms with E-state index in [1.807, 2.05) is 56.8 Å². The van der Waals surface area contributed by atoms with Gasteiger partial charge in [0.2, 0.25) is 0 Å². The monoisotopic (exact) mass is 294 g/mol. The molecule has 0 saturated carbocycles. The first-order chi connectivity index (χ1) is 9.44. The Bertz CT molecular complexity index is 465. The van der Waals surface area contributed by atoms with Gasteiger partial charge in [-0.3, -0.25) is 5.32 Å². The molecule has 1 amide bonds. The van der Waals surface area contributed by atoms with Crippen LogP contribution in [0.3, 0.4) is 0 Å². The van der Waals surface area contributed by atoms with Gasteiger partial charge in [0.05, 0.1) is 11.4 Å². The van der Waals surface area contributed by atoms with Crippen molar-refractivity contribution in [1.82, 2.24) is 0 Å². The zero-order valence-electron chi connectivity index (χ0n) is 12.2. The van der Waals surface area contributed by atoms with Crippen LogP contribution in [0.25, 0.3) is 0 Å². The molecule has 1 fully saturated rings. The van der Waals surface area contributed by atoms with Crippen molar-refractivity contribution in [2.75, 3.05) is 22.1 Å². The minimum Gasteiger partial charge on any atom is -0.444 e. The van der Waals surface area contributed by atoms with Crippen molar-refractivity contribution in [2.45, 2.75) is 38.8 Å². The molecule has 5 heteroatoms. The van der Waals surface area contributed by atoms with Gasteiger partial charge in [-0.25, -0.2) is 4.79 Å². The maximum Gasteiger partial charge on any atom is 0.412 e. The molecule has 4 nitrogen and oxygen atoms in total. The molecule has 1 atom stereocenters. The van der Waals surface area contributed by atoms with Crippen molar-refractivity contribution in [3.8, 4) is 0 Å². The van der Waals surface area contributed by atoms with Crippen LogP contribution in [0.4, 0.5) is 16.2 Å². The first-order valence-corrected chi connectivity index (χ1v) is 8.03. The summed E-state index contributed by atoms with van der Waals surface area (Å²) in [5.74, 6) is 2.31. The molecule has 110 valence electrons. The fraction of sp³-hybridized carbons (Fsp3) is 0.533. The van der Waals surface area contributed by atoms with E-state index in [1.165, 1.54) is 5.75 Å². The number of amides is 1. The molecule has 0 aromatic heterocycles. The van der Waals surface area contributed by atoms with Gasteiger partial charge in [0, 0.05) is 11.8 Å². The summed E-state index contributed by atoms with van der Waals surface area (Å²) in [5, 5.41) is 6.30. The van der Waals surface area contributed by atoms with Gasteiger partial charge in [0.25, 0.3) is 0 Å². The predicted molar refractivity (Wildman–Crippen MR) is 85.7 cm³/mol. The van der Waals surface area contributed by atoms with E-state index < -0.39 is 11.7 Å². The molecular formula is C15H22N2O2S. The molecule has 2 rings (SSSR count). The number of ether oxygens (including phenoxy) is 1. The molecular weight excluding hydrogens is 272 g/mol. The fourth-order valence-corrected chi connectivity index (χ4v) is 3.15. The second-order valence-electron chi connectivity index (χ2n) is 5.88. The van der Waals surface area contributed by atoms with Crippen LogP contribution in [0.5, 0.6) is 0 Å². The molecule has 1 aromatic carbocycles. The Hall–Kier alpha value is -1.36. The molecule has 0 spiro atoms. The molecule has 0 bridgehead atoms. The molecule has 1 unspecified atom stereocenters. The van der Waals surface area contributed by atoms with Crippen LogP contribution in [0.15, 0.2) is 24.3 Å². The summed E-state index contributed by atoms with van der Waals surface area (Å²) < 4.78 is 5.28. The Labute approximate surface area is 124 Å². The maximum atomic E-state index is 11.9. The van der Waals surface area contributed by atoms with Crippen molar-refractivity contribution in [3.63, 3.8) is 0 Å². The fourth-order valence-electron chi connectivity index (χ4n) is 2.00. The highest BCUT2D eigenvalue weighted by Crippen LogP contribution is 2.26. The molecule has 2 N–H and O–H groups in total. The summed E-state index contributed by atoms with van der Waals surface area (Å²) >= 11 is 1.95. The second-order valence-corrected chi connectivity index (χ2v) is 7.03. The van der Waals surface area contributed by atoms with Crippen LogP contribution in [0.1, 0.15) is 27.2 Å². The zero-order valence-corrected chi connectivity index (χ0v) is 13.0. The highest BCUT2D eigenvalue weighted by molar-refractivity contribution is 7.99. The molecule has 20 heavy (non-hydrogen) atoms. The van der Waals surface area contributed by atoms with Crippen LogP contribution in [0, 0.1) is 0 Å². The molecule has 0 radical (unpaired) electrons. The number of rotatable bonds is 3. The van der Waals surface area contributed by atoms with Crippen molar-refractivity contribution >= 4 is 29.2 Å². The van der Waals surface area contributed by atoms with E-state index in [-0.39, 0.29) is 0 Å². The number of carbonyl (C=O) groups excluding carboxylic acids is 1. The van der Waals surface area contributed by atoms with E-state index >= 15 is 0 Å². The highest BCUT2D eigenvalue weighted by atomic mass is 32.2. The van der Waals surface area contributed by atoms with Gasteiger partial charge in [-0.1, -0.05) is 12.1 Å². The lowest BCUT2D eigenvalue weighted by molar-refractivity contribution is 0.0636. The van der Waals surface area contributed by atoms with Gasteiger partial charge in [-0.2, -0.15) is 11.8 Å². The molecule has 1 aliphatic rings. The molecule has 1 heterocycles. The minimum absolute atomic E-state index is 0.424. The lowest BCUT2D eigenvalue weighted by atomic mass is 10.2. The normalized spacial score (nSPS) is 18.6.